The second-order valence-corrected chi connectivity index (χ2v) is 5.05. The third kappa shape index (κ3) is 7.09. The van der Waals surface area contributed by atoms with Crippen molar-refractivity contribution in [3.8, 4) is 0 Å². The van der Waals surface area contributed by atoms with Gasteiger partial charge in [0.2, 0.25) is 11.8 Å². The van der Waals surface area contributed by atoms with Crippen LogP contribution in [0.4, 0.5) is 5.82 Å². The normalized spacial score (nSPS) is 10.4. The monoisotopic (exact) mass is 296 g/mol. The zero-order valence-corrected chi connectivity index (χ0v) is 12.1. The van der Waals surface area contributed by atoms with Crippen LogP contribution in [0.3, 0.4) is 0 Å². The average Bonchev–Trinajstić information content (AvgIpc) is 2.80. The van der Waals surface area contributed by atoms with E-state index in [0.717, 1.165) is 6.42 Å². The molecule has 3 N–H and O–H groups in total. The number of aromatic nitrogens is 2. The maximum atomic E-state index is 11.6. The van der Waals surface area contributed by atoms with Crippen LogP contribution in [0.2, 0.25) is 0 Å². The van der Waals surface area contributed by atoms with E-state index in [9.17, 15) is 14.4 Å². The van der Waals surface area contributed by atoms with E-state index in [4.69, 9.17) is 5.11 Å². The molecule has 0 bridgehead atoms. The van der Waals surface area contributed by atoms with Crippen molar-refractivity contribution >= 4 is 23.6 Å². The molecule has 0 atom stereocenters. The molecule has 1 aromatic rings. The number of rotatable bonds is 8. The molecule has 8 heteroatoms. The van der Waals surface area contributed by atoms with Crippen molar-refractivity contribution < 1.29 is 19.5 Å². The Hall–Kier alpha value is -2.38. The quantitative estimate of drug-likeness (QED) is 0.645. The summed E-state index contributed by atoms with van der Waals surface area (Å²) in [4.78, 5) is 33.5. The number of hydrogen-bond donors (Lipinski definition) is 3. The fourth-order valence-corrected chi connectivity index (χ4v) is 1.53. The minimum absolute atomic E-state index is 0.136. The Bertz CT molecular complexity index is 510. The number of carbonyl (C=O) groups is 3. The summed E-state index contributed by atoms with van der Waals surface area (Å²) in [6, 6.07) is 1.49. The minimum atomic E-state index is -1.02. The van der Waals surface area contributed by atoms with E-state index in [1.807, 2.05) is 13.8 Å². The van der Waals surface area contributed by atoms with Crippen molar-refractivity contribution in [1.29, 1.82) is 0 Å². The Morgan fingerprint density at radius 1 is 1.33 bits per heavy atom. The van der Waals surface area contributed by atoms with E-state index in [1.165, 1.54) is 16.9 Å². The molecule has 0 aliphatic rings. The van der Waals surface area contributed by atoms with Gasteiger partial charge >= 0.3 is 5.97 Å². The third-order valence-electron chi connectivity index (χ3n) is 2.60. The van der Waals surface area contributed by atoms with Gasteiger partial charge < -0.3 is 15.7 Å². The zero-order chi connectivity index (χ0) is 15.8. The SMILES string of the molecule is CC(C)CCC(=O)NCC(=O)Nc1ccn(CC(=O)O)n1. The Morgan fingerprint density at radius 2 is 2.05 bits per heavy atom. The van der Waals surface area contributed by atoms with Crippen molar-refractivity contribution in [1.82, 2.24) is 15.1 Å². The largest absolute Gasteiger partial charge is 0.480 e. The highest BCUT2D eigenvalue weighted by molar-refractivity contribution is 5.93. The van der Waals surface area contributed by atoms with Gasteiger partial charge in [0.15, 0.2) is 5.82 Å². The van der Waals surface area contributed by atoms with E-state index >= 15 is 0 Å². The van der Waals surface area contributed by atoms with Crippen molar-refractivity contribution in [2.45, 2.75) is 33.2 Å². The number of carbonyl (C=O) groups excluding carboxylic acids is 2. The van der Waals surface area contributed by atoms with Gasteiger partial charge in [-0.15, -0.1) is 0 Å². The molecule has 0 aliphatic heterocycles. The Kier molecular flexibility index (Phi) is 6.38. The highest BCUT2D eigenvalue weighted by Crippen LogP contribution is 2.03. The van der Waals surface area contributed by atoms with Gasteiger partial charge in [-0.05, 0) is 12.3 Å². The van der Waals surface area contributed by atoms with Crippen molar-refractivity contribution in [3.63, 3.8) is 0 Å². The van der Waals surface area contributed by atoms with Gasteiger partial charge in [0.05, 0.1) is 6.54 Å². The zero-order valence-electron chi connectivity index (χ0n) is 12.1. The smallest absolute Gasteiger partial charge is 0.325 e. The highest BCUT2D eigenvalue weighted by Gasteiger charge is 2.09. The molecule has 0 saturated heterocycles. The summed E-state index contributed by atoms with van der Waals surface area (Å²) < 4.78 is 1.19. The number of carboxylic acid groups (broad SMARTS) is 1. The lowest BCUT2D eigenvalue weighted by Gasteiger charge is -2.06. The molecule has 0 spiro atoms. The molecule has 1 heterocycles. The maximum Gasteiger partial charge on any atom is 0.325 e. The second-order valence-electron chi connectivity index (χ2n) is 5.05. The Labute approximate surface area is 122 Å². The predicted octanol–water partition coefficient (Wildman–Crippen LogP) is 0.459. The van der Waals surface area contributed by atoms with Gasteiger partial charge in [-0.2, -0.15) is 5.10 Å². The topological polar surface area (TPSA) is 113 Å². The van der Waals surface area contributed by atoms with E-state index < -0.39 is 11.9 Å². The summed E-state index contributed by atoms with van der Waals surface area (Å²) in [5, 5.41) is 17.5. The van der Waals surface area contributed by atoms with Crippen LogP contribution < -0.4 is 10.6 Å². The van der Waals surface area contributed by atoms with E-state index in [2.05, 4.69) is 15.7 Å². The van der Waals surface area contributed by atoms with Gasteiger partial charge in [-0.3, -0.25) is 19.1 Å². The first-order chi connectivity index (χ1) is 9.86. The van der Waals surface area contributed by atoms with E-state index in [-0.39, 0.29) is 24.8 Å². The summed E-state index contributed by atoms with van der Waals surface area (Å²) >= 11 is 0. The summed E-state index contributed by atoms with van der Waals surface area (Å²) in [6.07, 6.45) is 2.61. The molecule has 0 aliphatic carbocycles. The summed E-state index contributed by atoms with van der Waals surface area (Å²) in [5.74, 6) is -0.919. The molecule has 116 valence electrons. The van der Waals surface area contributed by atoms with Crippen LogP contribution in [0, 0.1) is 5.92 Å². The van der Waals surface area contributed by atoms with Crippen LogP contribution in [-0.2, 0) is 20.9 Å². The fourth-order valence-electron chi connectivity index (χ4n) is 1.53. The summed E-state index contributed by atoms with van der Waals surface area (Å²) in [7, 11) is 0. The first-order valence-electron chi connectivity index (χ1n) is 6.68. The number of nitrogens with one attached hydrogen (secondary N) is 2. The van der Waals surface area contributed by atoms with E-state index in [0.29, 0.717) is 12.3 Å². The molecule has 1 aromatic heterocycles. The molecular formula is C13H20N4O4. The van der Waals surface area contributed by atoms with Gasteiger partial charge in [0.25, 0.3) is 0 Å². The van der Waals surface area contributed by atoms with Crippen LogP contribution in [0.25, 0.3) is 0 Å². The van der Waals surface area contributed by atoms with Gasteiger partial charge in [-0.1, -0.05) is 13.8 Å². The highest BCUT2D eigenvalue weighted by atomic mass is 16.4. The predicted molar refractivity (Wildman–Crippen MR) is 75.6 cm³/mol. The Morgan fingerprint density at radius 3 is 2.67 bits per heavy atom. The first kappa shape index (κ1) is 16.7. The van der Waals surface area contributed by atoms with Crippen LogP contribution in [0.1, 0.15) is 26.7 Å². The summed E-state index contributed by atoms with van der Waals surface area (Å²) in [6.45, 7) is 3.63. The fraction of sp³-hybridized carbons (Fsp3) is 0.538. The molecule has 21 heavy (non-hydrogen) atoms. The number of carboxylic acids is 1. The minimum Gasteiger partial charge on any atom is -0.480 e. The number of anilines is 1. The number of aliphatic carboxylic acids is 1. The molecular weight excluding hydrogens is 276 g/mol. The molecule has 0 saturated carbocycles. The van der Waals surface area contributed by atoms with Crippen LogP contribution in [-0.4, -0.2) is 39.2 Å². The molecule has 1 rings (SSSR count). The van der Waals surface area contributed by atoms with Gasteiger partial charge in [-0.25, -0.2) is 0 Å². The molecule has 0 fully saturated rings. The van der Waals surface area contributed by atoms with E-state index in [1.54, 1.807) is 0 Å². The maximum absolute atomic E-state index is 11.6. The van der Waals surface area contributed by atoms with Crippen LogP contribution in [0.15, 0.2) is 12.3 Å². The van der Waals surface area contributed by atoms with Crippen LogP contribution in [0.5, 0.6) is 0 Å². The molecule has 2 amide bonds. The lowest BCUT2D eigenvalue weighted by Crippen LogP contribution is -2.33. The van der Waals surface area contributed by atoms with Crippen molar-refractivity contribution in [2.75, 3.05) is 11.9 Å². The van der Waals surface area contributed by atoms with Gasteiger partial charge in [0.1, 0.15) is 6.54 Å². The standard InChI is InChI=1S/C13H20N4O4/c1-9(2)3-4-11(18)14-7-12(19)15-10-5-6-17(16-10)8-13(20)21/h5-6,9H,3-4,7-8H2,1-2H3,(H,14,18)(H,20,21)(H,15,16,19). The lowest BCUT2D eigenvalue weighted by atomic mass is 10.1. The number of nitrogens with zero attached hydrogens (tertiary/aromatic N) is 2. The molecule has 8 nitrogen and oxygen atoms in total. The lowest BCUT2D eigenvalue weighted by molar-refractivity contribution is -0.137. The van der Waals surface area contributed by atoms with Crippen molar-refractivity contribution in [3.05, 3.63) is 12.3 Å². The Balaban J connectivity index is 2.31. The first-order valence-corrected chi connectivity index (χ1v) is 6.68. The average molecular weight is 296 g/mol. The molecule has 0 unspecified atom stereocenters. The second kappa shape index (κ2) is 8.03. The third-order valence-corrected chi connectivity index (χ3v) is 2.60. The van der Waals surface area contributed by atoms with Crippen LogP contribution >= 0.6 is 0 Å². The molecule has 0 radical (unpaired) electrons. The molecule has 0 aromatic carbocycles. The van der Waals surface area contributed by atoms with Gasteiger partial charge in [0, 0.05) is 18.7 Å². The number of hydrogen-bond acceptors (Lipinski definition) is 4. The van der Waals surface area contributed by atoms with Crippen molar-refractivity contribution in [2.24, 2.45) is 5.92 Å². The number of amides is 2. The summed E-state index contributed by atoms with van der Waals surface area (Å²) in [5.41, 5.74) is 0.